The molecule has 0 unspecified atom stereocenters. The fraction of sp³-hybridized carbons (Fsp3) is 0.310. The Hall–Kier alpha value is -2.76. The summed E-state index contributed by atoms with van der Waals surface area (Å²) in [5.74, 6) is 0.487. The van der Waals surface area contributed by atoms with Gasteiger partial charge < -0.3 is 10.2 Å². The molecule has 0 saturated carbocycles. The summed E-state index contributed by atoms with van der Waals surface area (Å²) in [6.45, 7) is 5.04. The number of carbonyl (C=O) groups excluding carboxylic acids is 2. The lowest BCUT2D eigenvalue weighted by Gasteiger charge is -2.31. The number of amides is 2. The average molecular weight is 509 g/mol. The smallest absolute Gasteiger partial charge is 0.243 e. The van der Waals surface area contributed by atoms with Crippen LogP contribution in [-0.4, -0.2) is 35.1 Å². The Morgan fingerprint density at radius 2 is 1.63 bits per heavy atom. The van der Waals surface area contributed by atoms with E-state index in [0.29, 0.717) is 36.7 Å². The van der Waals surface area contributed by atoms with Gasteiger partial charge in [0.1, 0.15) is 6.04 Å². The van der Waals surface area contributed by atoms with Gasteiger partial charge in [-0.25, -0.2) is 0 Å². The van der Waals surface area contributed by atoms with Crippen LogP contribution in [0.5, 0.6) is 0 Å². The van der Waals surface area contributed by atoms with E-state index in [2.05, 4.69) is 5.32 Å². The van der Waals surface area contributed by atoms with Gasteiger partial charge in [0.25, 0.3) is 0 Å². The van der Waals surface area contributed by atoms with Crippen LogP contribution in [0.3, 0.4) is 0 Å². The molecule has 0 spiro atoms. The van der Waals surface area contributed by atoms with Crippen molar-refractivity contribution in [2.45, 2.75) is 50.6 Å². The topological polar surface area (TPSA) is 49.4 Å². The number of rotatable bonds is 12. The Balaban J connectivity index is 1.81. The highest BCUT2D eigenvalue weighted by Gasteiger charge is 2.30. The molecular weight excluding hydrogens is 476 g/mol. The minimum absolute atomic E-state index is 0.0281. The molecule has 3 aromatic rings. The number of nitrogens with one attached hydrogen (secondary N) is 1. The van der Waals surface area contributed by atoms with Gasteiger partial charge in [0, 0.05) is 41.6 Å². The largest absolute Gasteiger partial charge is 0.354 e. The van der Waals surface area contributed by atoms with Gasteiger partial charge in [-0.3, -0.25) is 9.59 Å². The van der Waals surface area contributed by atoms with Crippen LogP contribution in [0.15, 0.2) is 83.8 Å². The second-order valence-electron chi connectivity index (χ2n) is 8.56. The number of thioether (sulfide) groups is 1. The molecule has 1 atom stereocenters. The first-order valence-corrected chi connectivity index (χ1v) is 13.4. The minimum Gasteiger partial charge on any atom is -0.354 e. The van der Waals surface area contributed by atoms with E-state index in [4.69, 9.17) is 11.6 Å². The standard InChI is InChI=1S/C29H33ClN2O2S/c1-3-18-31-29(34)27(20-23-7-5-4-6-8-23)32(21-24-11-9-22(2)10-12-24)28(33)17-19-35-26-15-13-25(30)14-16-26/h4-16,27H,3,17-21H2,1-2H3,(H,31,34)/t27-/m0/s1. The van der Waals surface area contributed by atoms with Gasteiger partial charge in [0.2, 0.25) is 11.8 Å². The van der Waals surface area contributed by atoms with Crippen molar-refractivity contribution < 1.29 is 9.59 Å². The maximum absolute atomic E-state index is 13.6. The van der Waals surface area contributed by atoms with Gasteiger partial charge in [0.05, 0.1) is 0 Å². The van der Waals surface area contributed by atoms with Gasteiger partial charge in [-0.2, -0.15) is 0 Å². The molecule has 0 aliphatic heterocycles. The Labute approximate surface area is 218 Å². The molecule has 0 heterocycles. The summed E-state index contributed by atoms with van der Waals surface area (Å²) < 4.78 is 0. The molecule has 184 valence electrons. The Morgan fingerprint density at radius 3 is 2.29 bits per heavy atom. The molecule has 4 nitrogen and oxygen atoms in total. The highest BCUT2D eigenvalue weighted by molar-refractivity contribution is 7.99. The van der Waals surface area contributed by atoms with E-state index in [9.17, 15) is 9.59 Å². The minimum atomic E-state index is -0.585. The predicted molar refractivity (Wildman–Crippen MR) is 146 cm³/mol. The van der Waals surface area contributed by atoms with E-state index in [-0.39, 0.29) is 11.8 Å². The summed E-state index contributed by atoms with van der Waals surface area (Å²) in [4.78, 5) is 29.7. The second-order valence-corrected chi connectivity index (χ2v) is 10.2. The molecule has 0 radical (unpaired) electrons. The lowest BCUT2D eigenvalue weighted by atomic mass is 10.0. The van der Waals surface area contributed by atoms with E-state index in [1.54, 1.807) is 16.7 Å². The Morgan fingerprint density at radius 1 is 0.943 bits per heavy atom. The summed E-state index contributed by atoms with van der Waals surface area (Å²) in [7, 11) is 0. The zero-order valence-corrected chi connectivity index (χ0v) is 21.9. The number of hydrogen-bond donors (Lipinski definition) is 1. The van der Waals surface area contributed by atoms with Crippen LogP contribution in [0.1, 0.15) is 36.5 Å². The number of nitrogens with zero attached hydrogens (tertiary/aromatic N) is 1. The van der Waals surface area contributed by atoms with Crippen LogP contribution >= 0.6 is 23.4 Å². The summed E-state index contributed by atoms with van der Waals surface area (Å²) >= 11 is 7.60. The van der Waals surface area contributed by atoms with Gasteiger partial charge in [0.15, 0.2) is 0 Å². The SMILES string of the molecule is CCCNC(=O)[C@H](Cc1ccccc1)N(Cc1ccc(C)cc1)C(=O)CCSc1ccc(Cl)cc1. The monoisotopic (exact) mass is 508 g/mol. The highest BCUT2D eigenvalue weighted by atomic mass is 35.5. The van der Waals surface area contributed by atoms with Gasteiger partial charge in [-0.05, 0) is 48.7 Å². The summed E-state index contributed by atoms with van der Waals surface area (Å²) in [6.07, 6.45) is 1.65. The van der Waals surface area contributed by atoms with Crippen molar-refractivity contribution in [2.75, 3.05) is 12.3 Å². The molecular formula is C29H33ClN2O2S. The fourth-order valence-corrected chi connectivity index (χ4v) is 4.71. The Bertz CT molecular complexity index is 1070. The van der Waals surface area contributed by atoms with Crippen LogP contribution in [0.25, 0.3) is 0 Å². The zero-order chi connectivity index (χ0) is 25.0. The molecule has 3 aromatic carbocycles. The third-order valence-corrected chi connectivity index (χ3v) is 6.96. The van der Waals surface area contributed by atoms with Crippen molar-refractivity contribution in [3.05, 3.63) is 101 Å². The van der Waals surface area contributed by atoms with Gasteiger partial charge in [-0.1, -0.05) is 78.7 Å². The number of halogens is 1. The summed E-state index contributed by atoms with van der Waals surface area (Å²) in [5, 5.41) is 3.71. The van der Waals surface area contributed by atoms with Crippen molar-refractivity contribution in [2.24, 2.45) is 0 Å². The van der Waals surface area contributed by atoms with E-state index in [1.807, 2.05) is 92.7 Å². The molecule has 0 bridgehead atoms. The van der Waals surface area contributed by atoms with Gasteiger partial charge in [-0.15, -0.1) is 11.8 Å². The highest BCUT2D eigenvalue weighted by Crippen LogP contribution is 2.22. The van der Waals surface area contributed by atoms with E-state index in [0.717, 1.165) is 28.0 Å². The van der Waals surface area contributed by atoms with E-state index in [1.165, 1.54) is 0 Å². The lowest BCUT2D eigenvalue weighted by Crippen LogP contribution is -2.50. The first kappa shape index (κ1) is 26.8. The molecule has 2 amide bonds. The molecule has 3 rings (SSSR count). The van der Waals surface area contributed by atoms with Crippen LogP contribution in [0.4, 0.5) is 0 Å². The van der Waals surface area contributed by atoms with E-state index >= 15 is 0 Å². The van der Waals surface area contributed by atoms with Crippen LogP contribution < -0.4 is 5.32 Å². The second kappa shape index (κ2) is 14.0. The van der Waals surface area contributed by atoms with Crippen molar-refractivity contribution in [3.8, 4) is 0 Å². The third-order valence-electron chi connectivity index (χ3n) is 5.69. The van der Waals surface area contributed by atoms with E-state index < -0.39 is 6.04 Å². The third kappa shape index (κ3) is 8.75. The van der Waals surface area contributed by atoms with Crippen LogP contribution in [0.2, 0.25) is 5.02 Å². The molecule has 0 aliphatic rings. The van der Waals surface area contributed by atoms with Crippen molar-refractivity contribution in [3.63, 3.8) is 0 Å². The predicted octanol–water partition coefficient (Wildman–Crippen LogP) is 6.30. The lowest BCUT2D eigenvalue weighted by molar-refractivity contribution is -0.141. The molecule has 0 aromatic heterocycles. The fourth-order valence-electron chi connectivity index (χ4n) is 3.74. The zero-order valence-electron chi connectivity index (χ0n) is 20.4. The first-order valence-electron chi connectivity index (χ1n) is 12.0. The Kier molecular flexibility index (Phi) is 10.7. The average Bonchev–Trinajstić information content (AvgIpc) is 2.87. The van der Waals surface area contributed by atoms with Crippen molar-refractivity contribution in [1.82, 2.24) is 10.2 Å². The van der Waals surface area contributed by atoms with Crippen LogP contribution in [0, 0.1) is 6.92 Å². The van der Waals surface area contributed by atoms with Gasteiger partial charge >= 0.3 is 0 Å². The molecule has 0 aliphatic carbocycles. The summed E-state index contributed by atoms with van der Waals surface area (Å²) in [5.41, 5.74) is 3.20. The number of carbonyl (C=O) groups is 2. The number of hydrogen-bond acceptors (Lipinski definition) is 3. The molecule has 35 heavy (non-hydrogen) atoms. The summed E-state index contributed by atoms with van der Waals surface area (Å²) in [6, 6.07) is 25.1. The maximum Gasteiger partial charge on any atom is 0.243 e. The molecule has 6 heteroatoms. The maximum atomic E-state index is 13.6. The number of aryl methyl sites for hydroxylation is 1. The molecule has 0 fully saturated rings. The first-order chi connectivity index (χ1) is 17.0. The molecule has 0 saturated heterocycles. The van der Waals surface area contributed by atoms with Crippen molar-refractivity contribution >= 4 is 35.2 Å². The van der Waals surface area contributed by atoms with Crippen LogP contribution in [-0.2, 0) is 22.6 Å². The quantitative estimate of drug-likeness (QED) is 0.292. The normalized spacial score (nSPS) is 11.6. The molecule has 1 N–H and O–H groups in total. The number of benzene rings is 3. The van der Waals surface area contributed by atoms with Crippen molar-refractivity contribution in [1.29, 1.82) is 0 Å².